The van der Waals surface area contributed by atoms with Crippen molar-refractivity contribution in [2.45, 2.75) is 32.7 Å². The molecule has 0 unspecified atom stereocenters. The Morgan fingerprint density at radius 3 is 1.56 bits per heavy atom. The number of nitrogens with two attached hydrogens (primary N) is 1. The van der Waals surface area contributed by atoms with Crippen molar-refractivity contribution in [1.29, 1.82) is 0 Å². The van der Waals surface area contributed by atoms with Gasteiger partial charge in [0.15, 0.2) is 0 Å². The van der Waals surface area contributed by atoms with E-state index in [4.69, 9.17) is 5.73 Å². The maximum atomic E-state index is 6.28. The van der Waals surface area contributed by atoms with Crippen molar-refractivity contribution in [2.75, 3.05) is 0 Å². The summed E-state index contributed by atoms with van der Waals surface area (Å²) in [6.45, 7) is 4.30. The molecule has 0 aliphatic heterocycles. The van der Waals surface area contributed by atoms with Crippen molar-refractivity contribution in [2.24, 2.45) is 5.73 Å². The van der Waals surface area contributed by atoms with Crippen molar-refractivity contribution >= 4 is 0 Å². The Kier molecular flexibility index (Phi) is 4.16. The molecule has 1 heteroatoms. The predicted molar refractivity (Wildman–Crippen MR) is 77.7 cm³/mol. The van der Waals surface area contributed by atoms with Gasteiger partial charge in [-0.3, -0.25) is 0 Å². The third-order valence-corrected chi connectivity index (χ3v) is 3.49. The molecule has 0 aliphatic rings. The minimum Gasteiger partial charge on any atom is -0.327 e. The van der Waals surface area contributed by atoms with Gasteiger partial charge in [-0.2, -0.15) is 0 Å². The fourth-order valence-electron chi connectivity index (χ4n) is 2.32. The summed E-state index contributed by atoms with van der Waals surface area (Å²) in [6.07, 6.45) is 1.89. The maximum Gasteiger partial charge on any atom is 0.0120 e. The Balaban J connectivity index is 2.04. The zero-order valence-electron chi connectivity index (χ0n) is 11.2. The van der Waals surface area contributed by atoms with Crippen LogP contribution >= 0.6 is 0 Å². The molecule has 0 heterocycles. The van der Waals surface area contributed by atoms with E-state index in [1.54, 1.807) is 0 Å². The number of aryl methyl sites for hydroxylation is 2. The second-order valence-corrected chi connectivity index (χ2v) is 5.02. The Morgan fingerprint density at radius 2 is 1.17 bits per heavy atom. The molecule has 2 N–H and O–H groups in total. The molecule has 0 radical (unpaired) electrons. The van der Waals surface area contributed by atoms with Crippen LogP contribution < -0.4 is 5.73 Å². The molecule has 0 fully saturated rings. The van der Waals surface area contributed by atoms with Gasteiger partial charge in [-0.15, -0.1) is 0 Å². The van der Waals surface area contributed by atoms with Crippen LogP contribution in [0.2, 0.25) is 0 Å². The highest BCUT2D eigenvalue weighted by molar-refractivity contribution is 5.29. The summed E-state index contributed by atoms with van der Waals surface area (Å²) >= 11 is 0. The minimum absolute atomic E-state index is 0.187. The molecule has 1 nitrogen and oxygen atoms in total. The molecule has 2 aromatic carbocycles. The molecule has 2 aromatic rings. The van der Waals surface area contributed by atoms with Crippen LogP contribution in [0, 0.1) is 13.8 Å². The topological polar surface area (TPSA) is 26.0 Å². The lowest BCUT2D eigenvalue weighted by Crippen LogP contribution is -2.26. The van der Waals surface area contributed by atoms with Crippen LogP contribution in [0.1, 0.15) is 22.3 Å². The van der Waals surface area contributed by atoms with Crippen LogP contribution in [0.3, 0.4) is 0 Å². The van der Waals surface area contributed by atoms with Crippen LogP contribution in [0.4, 0.5) is 0 Å². The summed E-state index contributed by atoms with van der Waals surface area (Å²) < 4.78 is 0. The average Bonchev–Trinajstić information content (AvgIpc) is 2.35. The van der Waals surface area contributed by atoms with Gasteiger partial charge in [-0.1, -0.05) is 48.5 Å². The van der Waals surface area contributed by atoms with Crippen molar-refractivity contribution in [3.05, 3.63) is 70.8 Å². The Hall–Kier alpha value is -1.60. The van der Waals surface area contributed by atoms with Crippen molar-refractivity contribution in [3.63, 3.8) is 0 Å². The van der Waals surface area contributed by atoms with Gasteiger partial charge in [0.2, 0.25) is 0 Å². The van der Waals surface area contributed by atoms with E-state index >= 15 is 0 Å². The van der Waals surface area contributed by atoms with E-state index in [-0.39, 0.29) is 6.04 Å². The molecule has 0 aromatic heterocycles. The monoisotopic (exact) mass is 239 g/mol. The van der Waals surface area contributed by atoms with Gasteiger partial charge in [0, 0.05) is 6.04 Å². The highest BCUT2D eigenvalue weighted by Gasteiger charge is 2.08. The molecule has 0 aliphatic carbocycles. The summed E-state index contributed by atoms with van der Waals surface area (Å²) in [5, 5.41) is 0. The third kappa shape index (κ3) is 3.21. The summed E-state index contributed by atoms with van der Waals surface area (Å²) in [6, 6.07) is 17.2. The van der Waals surface area contributed by atoms with Gasteiger partial charge >= 0.3 is 0 Å². The van der Waals surface area contributed by atoms with Crippen LogP contribution in [-0.2, 0) is 12.8 Å². The summed E-state index contributed by atoms with van der Waals surface area (Å²) in [5.74, 6) is 0. The second kappa shape index (κ2) is 5.83. The van der Waals surface area contributed by atoms with E-state index in [0.29, 0.717) is 0 Å². The normalized spacial score (nSPS) is 10.9. The lowest BCUT2D eigenvalue weighted by Gasteiger charge is -2.15. The van der Waals surface area contributed by atoms with Gasteiger partial charge in [0.25, 0.3) is 0 Å². The largest absolute Gasteiger partial charge is 0.327 e. The molecular formula is C17H21N. The highest BCUT2D eigenvalue weighted by atomic mass is 14.6. The van der Waals surface area contributed by atoms with Gasteiger partial charge in [-0.05, 0) is 48.9 Å². The predicted octanol–water partition coefficient (Wildman–Crippen LogP) is 3.42. The van der Waals surface area contributed by atoms with Gasteiger partial charge in [-0.25, -0.2) is 0 Å². The van der Waals surface area contributed by atoms with Gasteiger partial charge < -0.3 is 5.73 Å². The average molecular weight is 239 g/mol. The quantitative estimate of drug-likeness (QED) is 0.869. The molecular weight excluding hydrogens is 218 g/mol. The number of hydrogen-bond donors (Lipinski definition) is 1. The van der Waals surface area contributed by atoms with E-state index in [1.165, 1.54) is 22.3 Å². The van der Waals surface area contributed by atoms with Crippen molar-refractivity contribution in [1.82, 2.24) is 0 Å². The fourth-order valence-corrected chi connectivity index (χ4v) is 2.32. The van der Waals surface area contributed by atoms with E-state index in [9.17, 15) is 0 Å². The minimum atomic E-state index is 0.187. The molecule has 0 spiro atoms. The standard InChI is InChI=1S/C17H21N/c1-13-7-3-5-9-15(13)11-17(18)12-16-10-6-4-8-14(16)2/h3-10,17H,11-12,18H2,1-2H3. The molecule has 0 saturated carbocycles. The van der Waals surface area contributed by atoms with Crippen molar-refractivity contribution < 1.29 is 0 Å². The Bertz CT molecular complexity index is 469. The Morgan fingerprint density at radius 1 is 0.778 bits per heavy atom. The lowest BCUT2D eigenvalue weighted by atomic mass is 9.95. The molecule has 18 heavy (non-hydrogen) atoms. The summed E-state index contributed by atoms with van der Waals surface area (Å²) in [4.78, 5) is 0. The second-order valence-electron chi connectivity index (χ2n) is 5.02. The first kappa shape index (κ1) is 12.8. The first-order valence-electron chi connectivity index (χ1n) is 6.51. The maximum absolute atomic E-state index is 6.28. The van der Waals surface area contributed by atoms with E-state index in [2.05, 4.69) is 62.4 Å². The van der Waals surface area contributed by atoms with Crippen LogP contribution in [0.25, 0.3) is 0 Å². The third-order valence-electron chi connectivity index (χ3n) is 3.49. The van der Waals surface area contributed by atoms with E-state index < -0.39 is 0 Å². The summed E-state index contributed by atoms with van der Waals surface area (Å²) in [7, 11) is 0. The smallest absolute Gasteiger partial charge is 0.0120 e. The number of benzene rings is 2. The zero-order chi connectivity index (χ0) is 13.0. The highest BCUT2D eigenvalue weighted by Crippen LogP contribution is 2.13. The summed E-state index contributed by atoms with van der Waals surface area (Å²) in [5.41, 5.74) is 11.7. The van der Waals surface area contributed by atoms with E-state index in [1.807, 2.05) is 0 Å². The molecule has 0 amide bonds. The molecule has 0 saturated heterocycles. The first-order valence-corrected chi connectivity index (χ1v) is 6.51. The molecule has 2 rings (SSSR count). The van der Waals surface area contributed by atoms with Gasteiger partial charge in [0.05, 0.1) is 0 Å². The lowest BCUT2D eigenvalue weighted by molar-refractivity contribution is 0.660. The Labute approximate surface area is 110 Å². The zero-order valence-corrected chi connectivity index (χ0v) is 11.2. The van der Waals surface area contributed by atoms with Crippen molar-refractivity contribution in [3.8, 4) is 0 Å². The molecule has 94 valence electrons. The SMILES string of the molecule is Cc1ccccc1CC(N)Cc1ccccc1C. The number of rotatable bonds is 4. The van der Waals surface area contributed by atoms with E-state index in [0.717, 1.165) is 12.8 Å². The molecule has 0 atom stereocenters. The van der Waals surface area contributed by atoms with Crippen LogP contribution in [-0.4, -0.2) is 6.04 Å². The molecule has 0 bridgehead atoms. The number of hydrogen-bond acceptors (Lipinski definition) is 1. The fraction of sp³-hybridized carbons (Fsp3) is 0.294. The van der Waals surface area contributed by atoms with Crippen LogP contribution in [0.15, 0.2) is 48.5 Å². The van der Waals surface area contributed by atoms with Crippen LogP contribution in [0.5, 0.6) is 0 Å². The van der Waals surface area contributed by atoms with Gasteiger partial charge in [0.1, 0.15) is 0 Å². The first-order chi connectivity index (χ1) is 8.66.